The molecular formula is C21H19ClFNO4. The van der Waals surface area contributed by atoms with E-state index >= 15 is 0 Å². The summed E-state index contributed by atoms with van der Waals surface area (Å²) in [5.41, 5.74) is 1.80. The van der Waals surface area contributed by atoms with Crippen molar-refractivity contribution in [2.75, 3.05) is 13.7 Å². The van der Waals surface area contributed by atoms with Gasteiger partial charge in [0.25, 0.3) is 0 Å². The van der Waals surface area contributed by atoms with Crippen LogP contribution in [0.4, 0.5) is 4.39 Å². The van der Waals surface area contributed by atoms with Gasteiger partial charge in [0.2, 0.25) is 0 Å². The number of hydrogen-bond donors (Lipinski definition) is 1. The summed E-state index contributed by atoms with van der Waals surface area (Å²) in [6.45, 7) is 1.51. The smallest absolute Gasteiger partial charge is 0.343 e. The number of aromatic nitrogens is 1. The van der Waals surface area contributed by atoms with Gasteiger partial charge in [-0.3, -0.25) is 4.79 Å². The third-order valence-electron chi connectivity index (χ3n) is 4.48. The first-order valence-corrected chi connectivity index (χ1v) is 9.12. The molecule has 0 saturated carbocycles. The number of halogens is 2. The fourth-order valence-corrected chi connectivity index (χ4v) is 3.16. The number of hydrogen-bond acceptors (Lipinski definition) is 4. The predicted molar refractivity (Wildman–Crippen MR) is 106 cm³/mol. The zero-order valence-corrected chi connectivity index (χ0v) is 16.2. The molecule has 3 rings (SSSR count). The third-order valence-corrected chi connectivity index (χ3v) is 4.73. The molecule has 0 radical (unpaired) electrons. The van der Waals surface area contributed by atoms with Crippen LogP contribution in [0.15, 0.2) is 41.2 Å². The molecule has 3 aromatic rings. The van der Waals surface area contributed by atoms with E-state index in [1.807, 2.05) is 19.1 Å². The molecule has 1 heterocycles. The van der Waals surface area contributed by atoms with Gasteiger partial charge in [-0.15, -0.1) is 0 Å². The average Bonchev–Trinajstić information content (AvgIpc) is 2.70. The van der Waals surface area contributed by atoms with Gasteiger partial charge < -0.3 is 14.5 Å². The van der Waals surface area contributed by atoms with Gasteiger partial charge >= 0.3 is 5.97 Å². The van der Waals surface area contributed by atoms with Crippen molar-refractivity contribution in [1.82, 2.24) is 4.98 Å². The van der Waals surface area contributed by atoms with E-state index < -0.39 is 11.8 Å². The SMILES string of the molecule is CCc1[nH]c2c(F)ccc(OCC(=O)OC)c2c(=O)c1Cc1ccc(Cl)cc1. The highest BCUT2D eigenvalue weighted by Crippen LogP contribution is 2.26. The maximum atomic E-state index is 14.4. The molecule has 0 amide bonds. The molecule has 1 aromatic heterocycles. The number of nitrogens with one attached hydrogen (secondary N) is 1. The molecule has 0 aliphatic carbocycles. The number of esters is 1. The number of pyridine rings is 1. The van der Waals surface area contributed by atoms with Gasteiger partial charge in [-0.2, -0.15) is 0 Å². The summed E-state index contributed by atoms with van der Waals surface area (Å²) in [5.74, 6) is -1.03. The number of fused-ring (bicyclic) bond motifs is 1. The maximum Gasteiger partial charge on any atom is 0.343 e. The normalized spacial score (nSPS) is 10.9. The van der Waals surface area contributed by atoms with E-state index in [1.54, 1.807) is 12.1 Å². The summed E-state index contributed by atoms with van der Waals surface area (Å²) >= 11 is 5.93. The molecule has 0 spiro atoms. The van der Waals surface area contributed by atoms with Crippen LogP contribution >= 0.6 is 11.6 Å². The van der Waals surface area contributed by atoms with Crippen molar-refractivity contribution in [2.24, 2.45) is 0 Å². The zero-order chi connectivity index (χ0) is 20.3. The van der Waals surface area contributed by atoms with Crippen molar-refractivity contribution in [2.45, 2.75) is 19.8 Å². The minimum atomic E-state index is -0.597. The highest BCUT2D eigenvalue weighted by atomic mass is 35.5. The van der Waals surface area contributed by atoms with Crippen molar-refractivity contribution in [3.8, 4) is 5.75 Å². The van der Waals surface area contributed by atoms with Crippen LogP contribution in [0.2, 0.25) is 5.02 Å². The van der Waals surface area contributed by atoms with Crippen LogP contribution in [0, 0.1) is 5.82 Å². The minimum absolute atomic E-state index is 0.0593. The second-order valence-corrected chi connectivity index (χ2v) is 6.66. The number of benzene rings is 2. The van der Waals surface area contributed by atoms with Crippen LogP contribution in [0.5, 0.6) is 5.75 Å². The topological polar surface area (TPSA) is 68.4 Å². The van der Waals surface area contributed by atoms with Crippen LogP contribution in [0.25, 0.3) is 10.9 Å². The number of aryl methyl sites for hydroxylation is 1. The summed E-state index contributed by atoms with van der Waals surface area (Å²) in [4.78, 5) is 27.7. The van der Waals surface area contributed by atoms with E-state index in [2.05, 4.69) is 9.72 Å². The fourth-order valence-electron chi connectivity index (χ4n) is 3.03. The number of aromatic amines is 1. The summed E-state index contributed by atoms with van der Waals surface area (Å²) in [7, 11) is 1.24. The summed E-state index contributed by atoms with van der Waals surface area (Å²) in [5, 5.41) is 0.678. The molecule has 0 atom stereocenters. The second-order valence-electron chi connectivity index (χ2n) is 6.23. The first-order valence-electron chi connectivity index (χ1n) is 8.74. The Bertz CT molecular complexity index is 1080. The quantitative estimate of drug-likeness (QED) is 0.631. The molecular weight excluding hydrogens is 385 g/mol. The molecule has 146 valence electrons. The van der Waals surface area contributed by atoms with Crippen LogP contribution in [0.1, 0.15) is 23.7 Å². The van der Waals surface area contributed by atoms with Gasteiger partial charge in [-0.05, 0) is 36.2 Å². The first kappa shape index (κ1) is 19.9. The zero-order valence-electron chi connectivity index (χ0n) is 15.5. The Labute approximate surface area is 166 Å². The monoisotopic (exact) mass is 403 g/mol. The largest absolute Gasteiger partial charge is 0.481 e. The van der Waals surface area contributed by atoms with Crippen molar-refractivity contribution in [3.05, 3.63) is 74.3 Å². The molecule has 7 heteroatoms. The summed E-state index contributed by atoms with van der Waals surface area (Å²) in [6, 6.07) is 9.72. The van der Waals surface area contributed by atoms with Crippen LogP contribution < -0.4 is 10.2 Å². The van der Waals surface area contributed by atoms with Gasteiger partial charge in [0.05, 0.1) is 18.0 Å². The Balaban J connectivity index is 2.15. The Morgan fingerprint density at radius 1 is 1.18 bits per heavy atom. The molecule has 1 N–H and O–H groups in total. The molecule has 28 heavy (non-hydrogen) atoms. The van der Waals surface area contributed by atoms with Crippen molar-refractivity contribution in [3.63, 3.8) is 0 Å². The number of methoxy groups -OCH3 is 1. The lowest BCUT2D eigenvalue weighted by Crippen LogP contribution is -2.18. The molecule has 0 saturated heterocycles. The highest BCUT2D eigenvalue weighted by Gasteiger charge is 2.18. The maximum absolute atomic E-state index is 14.4. The number of rotatable bonds is 6. The van der Waals surface area contributed by atoms with Gasteiger partial charge in [0.15, 0.2) is 12.0 Å². The number of ether oxygens (including phenoxy) is 2. The molecule has 0 aliphatic heterocycles. The van der Waals surface area contributed by atoms with Crippen molar-refractivity contribution in [1.29, 1.82) is 0 Å². The highest BCUT2D eigenvalue weighted by molar-refractivity contribution is 6.30. The Hall–Kier alpha value is -2.86. The summed E-state index contributed by atoms with van der Waals surface area (Å²) in [6.07, 6.45) is 0.888. The van der Waals surface area contributed by atoms with E-state index in [-0.39, 0.29) is 28.7 Å². The van der Waals surface area contributed by atoms with Crippen LogP contribution in [0.3, 0.4) is 0 Å². The van der Waals surface area contributed by atoms with Crippen LogP contribution in [-0.2, 0) is 22.4 Å². The molecule has 0 aliphatic rings. The Morgan fingerprint density at radius 2 is 1.89 bits per heavy atom. The first-order chi connectivity index (χ1) is 13.4. The predicted octanol–water partition coefficient (Wildman–Crippen LogP) is 4.03. The average molecular weight is 404 g/mol. The third kappa shape index (κ3) is 4.02. The second kappa shape index (κ2) is 8.44. The van der Waals surface area contributed by atoms with Gasteiger partial charge in [-0.25, -0.2) is 9.18 Å². The number of carbonyl (C=O) groups is 1. The van der Waals surface area contributed by atoms with E-state index in [4.69, 9.17) is 16.3 Å². The molecule has 2 aromatic carbocycles. The molecule has 0 bridgehead atoms. The van der Waals surface area contributed by atoms with E-state index in [1.165, 1.54) is 19.2 Å². The van der Waals surface area contributed by atoms with Gasteiger partial charge in [0, 0.05) is 22.7 Å². The summed E-state index contributed by atoms with van der Waals surface area (Å²) < 4.78 is 24.4. The molecule has 0 fully saturated rings. The Kier molecular flexibility index (Phi) is 5.99. The van der Waals surface area contributed by atoms with Crippen LogP contribution in [-0.4, -0.2) is 24.7 Å². The molecule has 5 nitrogen and oxygen atoms in total. The Morgan fingerprint density at radius 3 is 2.54 bits per heavy atom. The van der Waals surface area contributed by atoms with E-state index in [0.717, 1.165) is 5.56 Å². The lowest BCUT2D eigenvalue weighted by Gasteiger charge is -2.14. The lowest BCUT2D eigenvalue weighted by molar-refractivity contribution is -0.142. The minimum Gasteiger partial charge on any atom is -0.481 e. The van der Waals surface area contributed by atoms with Crippen molar-refractivity contribution >= 4 is 28.5 Å². The number of H-pyrrole nitrogens is 1. The van der Waals surface area contributed by atoms with Gasteiger partial charge in [0.1, 0.15) is 11.6 Å². The lowest BCUT2D eigenvalue weighted by atomic mass is 9.99. The van der Waals surface area contributed by atoms with Gasteiger partial charge in [-0.1, -0.05) is 30.7 Å². The molecule has 0 unspecified atom stereocenters. The van der Waals surface area contributed by atoms with Crippen molar-refractivity contribution < 1.29 is 18.7 Å². The standard InChI is InChI=1S/C21H19ClFNO4/c1-3-16-14(10-12-4-6-13(22)7-5-12)21(26)19-17(28-11-18(25)27-2)9-8-15(23)20(19)24-16/h4-9H,3,10-11H2,1-2H3,(H,24,26). The van der Waals surface area contributed by atoms with E-state index in [9.17, 15) is 14.0 Å². The number of carbonyl (C=O) groups excluding carboxylic acids is 1. The van der Waals surface area contributed by atoms with E-state index in [0.29, 0.717) is 29.1 Å². The fraction of sp³-hybridized carbons (Fsp3) is 0.238.